The van der Waals surface area contributed by atoms with E-state index in [-0.39, 0.29) is 6.04 Å². The van der Waals surface area contributed by atoms with Crippen molar-refractivity contribution in [3.8, 4) is 11.5 Å². The van der Waals surface area contributed by atoms with Gasteiger partial charge in [0.25, 0.3) is 0 Å². The highest BCUT2D eigenvalue weighted by Crippen LogP contribution is 2.24. The summed E-state index contributed by atoms with van der Waals surface area (Å²) in [6, 6.07) is 5.52. The number of ether oxygens (including phenoxy) is 2. The maximum absolute atomic E-state index is 11.3. The van der Waals surface area contributed by atoms with Crippen LogP contribution in [0, 0.1) is 0 Å². The molecule has 128 valence electrons. The molecule has 1 unspecified atom stereocenters. The Hall–Kier alpha value is -1.79. The van der Waals surface area contributed by atoms with Crippen molar-refractivity contribution in [1.82, 2.24) is 9.80 Å². The fraction of sp³-hybridized carbons (Fsp3) is 0.588. The third kappa shape index (κ3) is 4.59. The summed E-state index contributed by atoms with van der Waals surface area (Å²) in [5.41, 5.74) is 1.14. The number of nitrogens with zero attached hydrogens (tertiary/aromatic N) is 2. The number of hydrogen-bond acceptors (Lipinski definition) is 5. The second kappa shape index (κ2) is 8.17. The molecule has 0 bridgehead atoms. The van der Waals surface area contributed by atoms with E-state index in [0.29, 0.717) is 6.42 Å². The smallest absolute Gasteiger partial charge is 0.320 e. The molecule has 2 rings (SSSR count). The molecule has 1 atom stereocenters. The molecule has 0 aromatic heterocycles. The number of aliphatic carboxylic acids is 1. The molecule has 0 spiro atoms. The molecule has 1 aromatic carbocycles. The van der Waals surface area contributed by atoms with Gasteiger partial charge in [0, 0.05) is 38.8 Å². The molecule has 6 heteroatoms. The Bertz CT molecular complexity index is 505. The number of hydrogen-bond donors (Lipinski definition) is 1. The molecular formula is C17H26N2O4. The van der Waals surface area contributed by atoms with Crippen LogP contribution in [-0.2, 0) is 11.3 Å². The van der Waals surface area contributed by atoms with Crippen LogP contribution in [0.3, 0.4) is 0 Å². The van der Waals surface area contributed by atoms with E-state index in [1.807, 2.05) is 25.1 Å². The van der Waals surface area contributed by atoms with E-state index in [0.717, 1.165) is 49.8 Å². The lowest BCUT2D eigenvalue weighted by atomic mass is 10.1. The van der Waals surface area contributed by atoms with Crippen LogP contribution in [0.15, 0.2) is 18.2 Å². The number of rotatable bonds is 7. The largest absolute Gasteiger partial charge is 0.497 e. The van der Waals surface area contributed by atoms with Gasteiger partial charge >= 0.3 is 5.97 Å². The zero-order valence-electron chi connectivity index (χ0n) is 14.1. The summed E-state index contributed by atoms with van der Waals surface area (Å²) in [7, 11) is 3.29. The van der Waals surface area contributed by atoms with E-state index >= 15 is 0 Å². The van der Waals surface area contributed by atoms with Gasteiger partial charge in [-0.3, -0.25) is 14.6 Å². The summed E-state index contributed by atoms with van der Waals surface area (Å²) in [4.78, 5) is 15.7. The van der Waals surface area contributed by atoms with Crippen LogP contribution in [0.5, 0.6) is 11.5 Å². The van der Waals surface area contributed by atoms with E-state index in [9.17, 15) is 9.90 Å². The molecule has 1 aromatic rings. The van der Waals surface area contributed by atoms with Gasteiger partial charge in [0.05, 0.1) is 14.2 Å². The molecule has 23 heavy (non-hydrogen) atoms. The minimum atomic E-state index is -0.724. The lowest BCUT2D eigenvalue weighted by Gasteiger charge is -2.37. The summed E-state index contributed by atoms with van der Waals surface area (Å²) in [6.45, 7) is 6.03. The van der Waals surface area contributed by atoms with Crippen molar-refractivity contribution in [2.45, 2.75) is 25.9 Å². The molecule has 0 amide bonds. The maximum atomic E-state index is 11.3. The molecular weight excluding hydrogens is 296 g/mol. The number of methoxy groups -OCH3 is 2. The maximum Gasteiger partial charge on any atom is 0.320 e. The fourth-order valence-corrected chi connectivity index (χ4v) is 3.04. The molecule has 1 N–H and O–H groups in total. The van der Waals surface area contributed by atoms with Gasteiger partial charge in [-0.25, -0.2) is 0 Å². The Morgan fingerprint density at radius 3 is 2.13 bits per heavy atom. The third-order valence-corrected chi connectivity index (χ3v) is 4.34. The molecule has 6 nitrogen and oxygen atoms in total. The van der Waals surface area contributed by atoms with Gasteiger partial charge in [-0.15, -0.1) is 0 Å². The third-order valence-electron chi connectivity index (χ3n) is 4.34. The zero-order chi connectivity index (χ0) is 16.8. The zero-order valence-corrected chi connectivity index (χ0v) is 14.1. The van der Waals surface area contributed by atoms with Crippen LogP contribution < -0.4 is 9.47 Å². The lowest BCUT2D eigenvalue weighted by Crippen LogP contribution is -2.52. The normalized spacial score (nSPS) is 17.7. The fourth-order valence-electron chi connectivity index (χ4n) is 3.04. The van der Waals surface area contributed by atoms with Gasteiger partial charge in [0.1, 0.15) is 17.5 Å². The van der Waals surface area contributed by atoms with Crippen molar-refractivity contribution in [3.63, 3.8) is 0 Å². The van der Waals surface area contributed by atoms with E-state index in [1.165, 1.54) is 0 Å². The first kappa shape index (κ1) is 17.6. The van der Waals surface area contributed by atoms with Gasteiger partial charge in [-0.2, -0.15) is 0 Å². The Kier molecular flexibility index (Phi) is 6.24. The molecule has 0 saturated carbocycles. The van der Waals surface area contributed by atoms with Crippen LogP contribution >= 0.6 is 0 Å². The van der Waals surface area contributed by atoms with Crippen molar-refractivity contribution in [2.24, 2.45) is 0 Å². The van der Waals surface area contributed by atoms with Crippen molar-refractivity contribution >= 4 is 5.97 Å². The highest BCUT2D eigenvalue weighted by Gasteiger charge is 2.27. The van der Waals surface area contributed by atoms with Gasteiger partial charge in [-0.1, -0.05) is 6.92 Å². The van der Waals surface area contributed by atoms with Crippen LogP contribution in [0.1, 0.15) is 18.9 Å². The summed E-state index contributed by atoms with van der Waals surface area (Å²) in [5.74, 6) is 0.850. The predicted molar refractivity (Wildman–Crippen MR) is 88.1 cm³/mol. The predicted octanol–water partition coefficient (Wildman–Crippen LogP) is 1.68. The molecule has 1 fully saturated rings. The Labute approximate surface area is 137 Å². The molecule has 1 heterocycles. The average molecular weight is 322 g/mol. The van der Waals surface area contributed by atoms with Gasteiger partial charge in [-0.05, 0) is 24.1 Å². The van der Waals surface area contributed by atoms with E-state index in [4.69, 9.17) is 9.47 Å². The highest BCUT2D eigenvalue weighted by molar-refractivity contribution is 5.73. The monoisotopic (exact) mass is 322 g/mol. The van der Waals surface area contributed by atoms with Crippen molar-refractivity contribution in [3.05, 3.63) is 23.8 Å². The molecule has 0 radical (unpaired) electrons. The van der Waals surface area contributed by atoms with Gasteiger partial charge in [0.15, 0.2) is 0 Å². The number of carboxylic acid groups (broad SMARTS) is 1. The van der Waals surface area contributed by atoms with Crippen molar-refractivity contribution in [1.29, 1.82) is 0 Å². The average Bonchev–Trinajstić information content (AvgIpc) is 2.56. The molecule has 1 saturated heterocycles. The Balaban J connectivity index is 1.95. The second-order valence-corrected chi connectivity index (χ2v) is 5.80. The van der Waals surface area contributed by atoms with Crippen LogP contribution in [0.2, 0.25) is 0 Å². The highest BCUT2D eigenvalue weighted by atomic mass is 16.5. The van der Waals surface area contributed by atoms with Crippen molar-refractivity contribution in [2.75, 3.05) is 40.4 Å². The first-order valence-electron chi connectivity index (χ1n) is 7.98. The summed E-state index contributed by atoms with van der Waals surface area (Å²) >= 11 is 0. The van der Waals surface area contributed by atoms with E-state index < -0.39 is 5.97 Å². The Morgan fingerprint density at radius 1 is 1.13 bits per heavy atom. The molecule has 1 aliphatic rings. The minimum absolute atomic E-state index is 0.367. The van der Waals surface area contributed by atoms with Crippen molar-refractivity contribution < 1.29 is 19.4 Å². The lowest BCUT2D eigenvalue weighted by molar-refractivity contribution is -0.144. The number of carboxylic acids is 1. The van der Waals surface area contributed by atoms with Gasteiger partial charge in [0.2, 0.25) is 0 Å². The molecule has 1 aliphatic heterocycles. The number of benzene rings is 1. The molecule has 0 aliphatic carbocycles. The minimum Gasteiger partial charge on any atom is -0.497 e. The number of piperazine rings is 1. The Morgan fingerprint density at radius 2 is 1.70 bits per heavy atom. The van der Waals surface area contributed by atoms with Crippen LogP contribution in [-0.4, -0.2) is 67.3 Å². The first-order chi connectivity index (χ1) is 11.1. The quantitative estimate of drug-likeness (QED) is 0.824. The standard InChI is InChI=1S/C17H26N2O4/c1-4-16(17(20)21)19-7-5-18(6-8-19)12-13-9-14(22-2)11-15(10-13)23-3/h9-11,16H,4-8,12H2,1-3H3,(H,20,21). The SMILES string of the molecule is CCC(C(=O)O)N1CCN(Cc2cc(OC)cc(OC)c2)CC1. The number of carbonyl (C=O) groups is 1. The second-order valence-electron chi connectivity index (χ2n) is 5.80. The van der Waals surface area contributed by atoms with E-state index in [2.05, 4.69) is 9.80 Å². The first-order valence-corrected chi connectivity index (χ1v) is 7.98. The topological polar surface area (TPSA) is 62.2 Å². The van der Waals surface area contributed by atoms with Crippen LogP contribution in [0.25, 0.3) is 0 Å². The van der Waals surface area contributed by atoms with Gasteiger partial charge < -0.3 is 14.6 Å². The van der Waals surface area contributed by atoms with E-state index in [1.54, 1.807) is 14.2 Å². The van der Waals surface area contributed by atoms with Crippen LogP contribution in [0.4, 0.5) is 0 Å². The summed E-state index contributed by atoms with van der Waals surface area (Å²) in [5, 5.41) is 9.26. The summed E-state index contributed by atoms with van der Waals surface area (Å²) in [6.07, 6.45) is 0.641. The summed E-state index contributed by atoms with van der Waals surface area (Å²) < 4.78 is 10.6.